The summed E-state index contributed by atoms with van der Waals surface area (Å²) >= 11 is 0. The van der Waals surface area contributed by atoms with Gasteiger partial charge in [0.2, 0.25) is 10.0 Å². The second-order valence-corrected chi connectivity index (χ2v) is 6.43. The monoisotopic (exact) mass is 257 g/mol. The molecule has 0 unspecified atom stereocenters. The van der Waals surface area contributed by atoms with Crippen molar-refractivity contribution in [2.45, 2.75) is 25.8 Å². The molecular weight excluding hydrogens is 241 g/mol. The average Bonchev–Trinajstić information content (AvgIpc) is 2.80. The third kappa shape index (κ3) is 2.50. The molecule has 1 saturated heterocycles. The molecule has 1 aliphatic rings. The van der Waals surface area contributed by atoms with Crippen LogP contribution >= 0.6 is 0 Å². The van der Waals surface area contributed by atoms with Gasteiger partial charge in [-0.15, -0.1) is 0 Å². The Kier molecular flexibility index (Phi) is 3.49. The molecule has 3 nitrogen and oxygen atoms in total. The summed E-state index contributed by atoms with van der Waals surface area (Å²) in [6.45, 7) is 2.22. The van der Waals surface area contributed by atoms with Gasteiger partial charge in [0.05, 0.1) is 5.75 Å². The van der Waals surface area contributed by atoms with Gasteiger partial charge in [-0.3, -0.25) is 0 Å². The smallest absolute Gasteiger partial charge is 0.212 e. The van der Waals surface area contributed by atoms with Gasteiger partial charge >= 0.3 is 0 Å². The van der Waals surface area contributed by atoms with E-state index in [2.05, 4.69) is 0 Å². The van der Waals surface area contributed by atoms with Gasteiger partial charge in [-0.2, -0.15) is 4.31 Å². The van der Waals surface area contributed by atoms with Crippen molar-refractivity contribution in [1.29, 1.82) is 0 Å². The summed E-state index contributed by atoms with van der Waals surface area (Å²) in [5.74, 6) is -0.179. The molecule has 0 aliphatic carbocycles. The maximum Gasteiger partial charge on any atom is 0.214 e. The second-order valence-electron chi connectivity index (χ2n) is 4.22. The number of sulfonamides is 1. The highest BCUT2D eigenvalue weighted by Crippen LogP contribution is 2.34. The highest BCUT2D eigenvalue weighted by atomic mass is 32.2. The minimum Gasteiger partial charge on any atom is -0.212 e. The molecule has 0 radical (unpaired) electrons. The fourth-order valence-electron chi connectivity index (χ4n) is 2.26. The Morgan fingerprint density at radius 3 is 2.59 bits per heavy atom. The normalized spacial score (nSPS) is 21.9. The summed E-state index contributed by atoms with van der Waals surface area (Å²) in [7, 11) is -3.17. The van der Waals surface area contributed by atoms with E-state index >= 15 is 0 Å². The lowest BCUT2D eigenvalue weighted by Crippen LogP contribution is -2.31. The molecule has 1 heterocycles. The Morgan fingerprint density at radius 1 is 1.35 bits per heavy atom. The van der Waals surface area contributed by atoms with Crippen LogP contribution in [0, 0.1) is 5.82 Å². The summed E-state index contributed by atoms with van der Waals surface area (Å²) < 4.78 is 38.2. The SMILES string of the molecule is CCS(=O)(=O)N1CCC[C@@H]1c1ccc(F)cc1. The molecular formula is C12H16FNO2S. The first kappa shape index (κ1) is 12.5. The van der Waals surface area contributed by atoms with Crippen molar-refractivity contribution in [2.75, 3.05) is 12.3 Å². The van der Waals surface area contributed by atoms with Crippen LogP contribution in [0.15, 0.2) is 24.3 Å². The third-order valence-corrected chi connectivity index (χ3v) is 5.06. The van der Waals surface area contributed by atoms with E-state index < -0.39 is 10.0 Å². The molecule has 1 aromatic carbocycles. The number of hydrogen-bond donors (Lipinski definition) is 0. The van der Waals surface area contributed by atoms with Crippen LogP contribution in [0.5, 0.6) is 0 Å². The molecule has 0 bridgehead atoms. The maximum atomic E-state index is 12.8. The molecule has 5 heteroatoms. The van der Waals surface area contributed by atoms with E-state index in [4.69, 9.17) is 0 Å². The molecule has 0 amide bonds. The van der Waals surface area contributed by atoms with E-state index in [1.807, 2.05) is 0 Å². The minimum atomic E-state index is -3.17. The minimum absolute atomic E-state index is 0.116. The van der Waals surface area contributed by atoms with E-state index in [1.165, 1.54) is 12.1 Å². The van der Waals surface area contributed by atoms with E-state index in [0.717, 1.165) is 18.4 Å². The molecule has 1 aromatic rings. The summed E-state index contributed by atoms with van der Waals surface area (Å²) in [5.41, 5.74) is 0.876. The Hall–Kier alpha value is -0.940. The van der Waals surface area contributed by atoms with Crippen LogP contribution in [0.2, 0.25) is 0 Å². The van der Waals surface area contributed by atoms with Gasteiger partial charge in [-0.1, -0.05) is 12.1 Å². The second kappa shape index (κ2) is 4.74. The van der Waals surface area contributed by atoms with Gasteiger partial charge in [0.25, 0.3) is 0 Å². The van der Waals surface area contributed by atoms with Crippen LogP contribution in [0.3, 0.4) is 0 Å². The lowest BCUT2D eigenvalue weighted by Gasteiger charge is -2.23. The molecule has 2 rings (SSSR count). The van der Waals surface area contributed by atoms with E-state index in [9.17, 15) is 12.8 Å². The van der Waals surface area contributed by atoms with E-state index in [1.54, 1.807) is 23.4 Å². The van der Waals surface area contributed by atoms with Gasteiger partial charge in [0, 0.05) is 12.6 Å². The summed E-state index contributed by atoms with van der Waals surface area (Å²) in [4.78, 5) is 0. The fraction of sp³-hybridized carbons (Fsp3) is 0.500. The van der Waals surface area contributed by atoms with Crippen molar-refractivity contribution in [1.82, 2.24) is 4.31 Å². The van der Waals surface area contributed by atoms with Crippen LogP contribution < -0.4 is 0 Å². The fourth-order valence-corrected chi connectivity index (χ4v) is 3.61. The van der Waals surface area contributed by atoms with Crippen LogP contribution in [0.1, 0.15) is 31.4 Å². The van der Waals surface area contributed by atoms with Gasteiger partial charge in [-0.05, 0) is 37.5 Å². The number of hydrogen-bond acceptors (Lipinski definition) is 2. The molecule has 17 heavy (non-hydrogen) atoms. The Labute approximate surface area is 101 Å². The molecule has 1 atom stereocenters. The average molecular weight is 257 g/mol. The van der Waals surface area contributed by atoms with Crippen molar-refractivity contribution in [2.24, 2.45) is 0 Å². The third-order valence-electron chi connectivity index (χ3n) is 3.18. The standard InChI is InChI=1S/C12H16FNO2S/c1-2-17(15,16)14-9-3-4-12(14)10-5-7-11(13)8-6-10/h5-8,12H,2-4,9H2,1H3/t12-/m1/s1. The van der Waals surface area contributed by atoms with Crippen LogP contribution in [-0.4, -0.2) is 25.0 Å². The summed E-state index contributed by atoms with van der Waals surface area (Å²) in [6, 6.07) is 5.97. The number of rotatable bonds is 3. The van der Waals surface area contributed by atoms with Crippen LogP contribution in [-0.2, 0) is 10.0 Å². The van der Waals surface area contributed by atoms with Crippen molar-refractivity contribution in [3.8, 4) is 0 Å². The quantitative estimate of drug-likeness (QED) is 0.833. The molecule has 0 spiro atoms. The Balaban J connectivity index is 2.29. The Morgan fingerprint density at radius 2 is 2.00 bits per heavy atom. The molecule has 0 N–H and O–H groups in total. The molecule has 94 valence electrons. The van der Waals surface area contributed by atoms with Crippen LogP contribution in [0.25, 0.3) is 0 Å². The maximum absolute atomic E-state index is 12.8. The predicted molar refractivity (Wildman–Crippen MR) is 64.5 cm³/mol. The molecule has 1 fully saturated rings. The van der Waals surface area contributed by atoms with E-state index in [0.29, 0.717) is 6.54 Å². The first-order valence-electron chi connectivity index (χ1n) is 5.79. The molecule has 0 saturated carbocycles. The number of halogens is 1. The van der Waals surface area contributed by atoms with Gasteiger partial charge in [0.1, 0.15) is 5.82 Å². The lowest BCUT2D eigenvalue weighted by atomic mass is 10.1. The first-order chi connectivity index (χ1) is 8.04. The summed E-state index contributed by atoms with van der Waals surface area (Å²) in [5, 5.41) is 0. The van der Waals surface area contributed by atoms with Crippen molar-refractivity contribution in [3.05, 3.63) is 35.6 Å². The van der Waals surface area contributed by atoms with E-state index in [-0.39, 0.29) is 17.6 Å². The zero-order chi connectivity index (χ0) is 12.5. The van der Waals surface area contributed by atoms with Crippen molar-refractivity contribution in [3.63, 3.8) is 0 Å². The highest BCUT2D eigenvalue weighted by Gasteiger charge is 2.33. The number of nitrogens with zero attached hydrogens (tertiary/aromatic N) is 1. The van der Waals surface area contributed by atoms with Gasteiger partial charge < -0.3 is 0 Å². The first-order valence-corrected chi connectivity index (χ1v) is 7.40. The van der Waals surface area contributed by atoms with Gasteiger partial charge in [0.15, 0.2) is 0 Å². The molecule has 0 aromatic heterocycles. The zero-order valence-corrected chi connectivity index (χ0v) is 10.6. The zero-order valence-electron chi connectivity index (χ0n) is 9.77. The predicted octanol–water partition coefficient (Wildman–Crippen LogP) is 2.31. The highest BCUT2D eigenvalue weighted by molar-refractivity contribution is 7.89. The largest absolute Gasteiger partial charge is 0.214 e. The van der Waals surface area contributed by atoms with Crippen LogP contribution in [0.4, 0.5) is 4.39 Å². The summed E-state index contributed by atoms with van der Waals surface area (Å²) in [6.07, 6.45) is 1.67. The van der Waals surface area contributed by atoms with Gasteiger partial charge in [-0.25, -0.2) is 12.8 Å². The molecule has 1 aliphatic heterocycles. The lowest BCUT2D eigenvalue weighted by molar-refractivity contribution is 0.397. The number of benzene rings is 1. The topological polar surface area (TPSA) is 37.4 Å². The Bertz CT molecular complexity index is 484. The van der Waals surface area contributed by atoms with Crippen molar-refractivity contribution >= 4 is 10.0 Å². The van der Waals surface area contributed by atoms with Crippen molar-refractivity contribution < 1.29 is 12.8 Å².